The second-order valence-corrected chi connectivity index (χ2v) is 2.35. The predicted molar refractivity (Wildman–Crippen MR) is 45.3 cm³/mol. The van der Waals surface area contributed by atoms with E-state index in [1.807, 2.05) is 30.3 Å². The van der Waals surface area contributed by atoms with Crippen LogP contribution in [0.5, 0.6) is 0 Å². The number of hydrogen-bond donors (Lipinski definition) is 1. The average Bonchev–Trinajstić information content (AvgIpc) is 2.16. The Morgan fingerprint density at radius 2 is 2.00 bits per heavy atom. The molecule has 64 valence electrons. The standard InChI is InChI=1S/C9H11NO2/c10-6-9(11)12-7-8-4-2-1-3-5-8/h1-5H,6-7,10H2/i6+1,9+1,10+1. The highest BCUT2D eigenvalue weighted by atomic mass is 16.6. The van der Waals surface area contributed by atoms with E-state index < -0.39 is 0 Å². The first-order valence-electron chi connectivity index (χ1n) is 3.72. The third kappa shape index (κ3) is 2.72. The molecule has 0 fully saturated rings. The topological polar surface area (TPSA) is 52.3 Å². The lowest BCUT2D eigenvalue weighted by Gasteiger charge is -2.01. The van der Waals surface area contributed by atoms with Gasteiger partial charge in [-0.2, -0.15) is 0 Å². The Labute approximate surface area is 71.1 Å². The molecule has 1 aromatic rings. The van der Waals surface area contributed by atoms with Gasteiger partial charge in [0.15, 0.2) is 0 Å². The zero-order valence-corrected chi connectivity index (χ0v) is 6.69. The molecular weight excluding hydrogens is 157 g/mol. The lowest BCUT2D eigenvalue weighted by molar-refractivity contribution is -0.143. The summed E-state index contributed by atoms with van der Waals surface area (Å²) in [7, 11) is 0. The average molecular weight is 168 g/mol. The first-order chi connectivity index (χ1) is 5.83. The van der Waals surface area contributed by atoms with Crippen molar-refractivity contribution in [3.8, 4) is 0 Å². The summed E-state index contributed by atoms with van der Waals surface area (Å²) in [6.07, 6.45) is 0. The van der Waals surface area contributed by atoms with Crippen LogP contribution in [0.3, 0.4) is 0 Å². The Balaban J connectivity index is 2.38. The number of carbonyl (C=O) groups excluding carboxylic acids is 1. The molecule has 0 aliphatic carbocycles. The van der Waals surface area contributed by atoms with Gasteiger partial charge in [-0.1, -0.05) is 30.3 Å². The molecule has 1 aromatic carbocycles. The second-order valence-electron chi connectivity index (χ2n) is 2.35. The van der Waals surface area contributed by atoms with E-state index in [9.17, 15) is 4.79 Å². The summed E-state index contributed by atoms with van der Waals surface area (Å²) in [6, 6.07) is 9.49. The number of carbonyl (C=O) groups is 1. The number of nitrogens with two attached hydrogens (primary N) is 1. The van der Waals surface area contributed by atoms with Gasteiger partial charge in [-0.05, 0) is 5.56 Å². The van der Waals surface area contributed by atoms with E-state index in [0.717, 1.165) is 5.56 Å². The van der Waals surface area contributed by atoms with Crippen LogP contribution < -0.4 is 5.73 Å². The Hall–Kier alpha value is -1.35. The van der Waals surface area contributed by atoms with E-state index in [1.165, 1.54) is 0 Å². The molecule has 0 aliphatic heterocycles. The minimum Gasteiger partial charge on any atom is -0.460 e. The molecule has 0 saturated heterocycles. The van der Waals surface area contributed by atoms with Crippen LogP contribution in [0.25, 0.3) is 0 Å². The van der Waals surface area contributed by atoms with Crippen molar-refractivity contribution in [1.29, 1.82) is 0 Å². The Bertz CT molecular complexity index is 246. The highest BCUT2D eigenvalue weighted by molar-refractivity contribution is 5.71. The fraction of sp³-hybridized carbons (Fsp3) is 0.222. The van der Waals surface area contributed by atoms with Crippen LogP contribution in [0.15, 0.2) is 30.3 Å². The highest BCUT2D eigenvalue weighted by Crippen LogP contribution is 1.99. The van der Waals surface area contributed by atoms with E-state index >= 15 is 0 Å². The second kappa shape index (κ2) is 4.51. The molecular formula is C9H11NO2. The van der Waals surface area contributed by atoms with Gasteiger partial charge in [-0.15, -0.1) is 0 Å². The van der Waals surface area contributed by atoms with Gasteiger partial charge in [0.1, 0.15) is 6.61 Å². The van der Waals surface area contributed by atoms with Gasteiger partial charge in [0.05, 0.1) is 6.54 Å². The van der Waals surface area contributed by atoms with Crippen molar-refractivity contribution in [3.05, 3.63) is 35.9 Å². The van der Waals surface area contributed by atoms with Crippen LogP contribution in [-0.4, -0.2) is 12.5 Å². The maximum atomic E-state index is 10.6. The maximum Gasteiger partial charge on any atom is 0.320 e. The molecule has 2 N–H and O–H groups in total. The van der Waals surface area contributed by atoms with Crippen molar-refractivity contribution in [2.24, 2.45) is 5.73 Å². The molecule has 0 aromatic heterocycles. The molecule has 12 heavy (non-hydrogen) atoms. The van der Waals surface area contributed by atoms with E-state index in [4.69, 9.17) is 10.5 Å². The van der Waals surface area contributed by atoms with Crippen LogP contribution in [0, 0.1) is 0 Å². The molecule has 0 radical (unpaired) electrons. The third-order valence-corrected chi connectivity index (χ3v) is 1.41. The van der Waals surface area contributed by atoms with Crippen LogP contribution in [0.4, 0.5) is 0 Å². The minimum absolute atomic E-state index is 0.0627. The summed E-state index contributed by atoms with van der Waals surface area (Å²) in [5.74, 6) is -0.376. The van der Waals surface area contributed by atoms with E-state index in [-0.39, 0.29) is 12.5 Å². The minimum atomic E-state index is -0.376. The fourth-order valence-corrected chi connectivity index (χ4v) is 0.797. The van der Waals surface area contributed by atoms with Crippen LogP contribution in [0.1, 0.15) is 5.56 Å². The lowest BCUT2D eigenvalue weighted by atomic mass is 10.2. The van der Waals surface area contributed by atoms with Gasteiger partial charge in [-0.3, -0.25) is 4.79 Å². The number of rotatable bonds is 3. The van der Waals surface area contributed by atoms with Gasteiger partial charge in [-0.25, -0.2) is 0 Å². The molecule has 0 amide bonds. The molecule has 3 heteroatoms. The molecule has 0 saturated carbocycles. The maximum absolute atomic E-state index is 10.6. The first kappa shape index (κ1) is 8.74. The normalized spacial score (nSPS) is 9.42. The summed E-state index contributed by atoms with van der Waals surface area (Å²) < 4.78 is 4.81. The summed E-state index contributed by atoms with van der Waals surface area (Å²) >= 11 is 0. The van der Waals surface area contributed by atoms with Crippen LogP contribution >= 0.6 is 0 Å². The fourth-order valence-electron chi connectivity index (χ4n) is 0.797. The Morgan fingerprint density at radius 3 is 2.58 bits per heavy atom. The summed E-state index contributed by atoms with van der Waals surface area (Å²) in [5.41, 5.74) is 6.03. The summed E-state index contributed by atoms with van der Waals surface area (Å²) in [6.45, 7) is 0.240. The largest absolute Gasteiger partial charge is 0.460 e. The van der Waals surface area contributed by atoms with Crippen molar-refractivity contribution in [2.75, 3.05) is 6.54 Å². The number of esters is 1. The molecule has 0 aliphatic rings. The number of ether oxygens (including phenoxy) is 1. The zero-order chi connectivity index (χ0) is 8.81. The molecule has 1 rings (SSSR count). The molecule has 0 spiro atoms. The Morgan fingerprint density at radius 1 is 1.33 bits per heavy atom. The van der Waals surface area contributed by atoms with Gasteiger partial charge < -0.3 is 10.5 Å². The van der Waals surface area contributed by atoms with Gasteiger partial charge in [0, 0.05) is 0 Å². The van der Waals surface area contributed by atoms with E-state index in [0.29, 0.717) is 6.61 Å². The highest BCUT2D eigenvalue weighted by Gasteiger charge is 1.97. The van der Waals surface area contributed by atoms with E-state index in [1.54, 1.807) is 0 Å². The summed E-state index contributed by atoms with van der Waals surface area (Å²) in [5, 5.41) is 0. The first-order valence-corrected chi connectivity index (χ1v) is 3.72. The molecule has 0 heterocycles. The van der Waals surface area contributed by atoms with Crippen molar-refractivity contribution in [2.45, 2.75) is 6.61 Å². The molecule has 0 bridgehead atoms. The third-order valence-electron chi connectivity index (χ3n) is 1.41. The predicted octanol–water partition coefficient (Wildman–Crippen LogP) is 0.688. The van der Waals surface area contributed by atoms with Gasteiger partial charge in [0.25, 0.3) is 0 Å². The lowest BCUT2D eigenvalue weighted by Crippen LogP contribution is -2.16. The van der Waals surface area contributed by atoms with Crippen LogP contribution in [-0.2, 0) is 16.1 Å². The van der Waals surface area contributed by atoms with Crippen molar-refractivity contribution in [1.82, 2.24) is 0 Å². The van der Waals surface area contributed by atoms with Crippen molar-refractivity contribution in [3.63, 3.8) is 0 Å². The summed E-state index contributed by atoms with van der Waals surface area (Å²) in [4.78, 5) is 10.6. The molecule has 3 nitrogen and oxygen atoms in total. The van der Waals surface area contributed by atoms with Gasteiger partial charge >= 0.3 is 5.97 Å². The number of hydrogen-bond acceptors (Lipinski definition) is 3. The van der Waals surface area contributed by atoms with Crippen LogP contribution in [0.2, 0.25) is 0 Å². The van der Waals surface area contributed by atoms with Crippen molar-refractivity contribution < 1.29 is 9.53 Å². The quantitative estimate of drug-likeness (QED) is 0.410. The van der Waals surface area contributed by atoms with E-state index in [2.05, 4.69) is 0 Å². The monoisotopic (exact) mass is 168 g/mol. The zero-order valence-electron chi connectivity index (χ0n) is 6.69. The van der Waals surface area contributed by atoms with Gasteiger partial charge in [0.2, 0.25) is 0 Å². The molecule has 0 atom stereocenters. The SMILES string of the molecule is [15NH2][13CH2][13C](=O)OCc1ccccc1. The smallest absolute Gasteiger partial charge is 0.320 e. The Kier molecular flexibility index (Phi) is 3.29. The number of benzene rings is 1. The molecule has 0 unspecified atom stereocenters. The van der Waals surface area contributed by atoms with Crippen molar-refractivity contribution >= 4 is 5.97 Å².